The summed E-state index contributed by atoms with van der Waals surface area (Å²) in [5.74, 6) is -0.0284. The third-order valence-electron chi connectivity index (χ3n) is 4.46. The Labute approximate surface area is 137 Å². The summed E-state index contributed by atoms with van der Waals surface area (Å²) in [5.41, 5.74) is 0. The van der Waals surface area contributed by atoms with E-state index in [0.717, 1.165) is 12.8 Å². The van der Waals surface area contributed by atoms with Gasteiger partial charge in [0.05, 0.1) is 7.11 Å². The Kier molecular flexibility index (Phi) is 14.9. The minimum absolute atomic E-state index is 0.456. The molecule has 1 atom stereocenters. The van der Waals surface area contributed by atoms with Gasteiger partial charge in [-0.05, 0) is 12.3 Å². The lowest BCUT2D eigenvalue weighted by Gasteiger charge is -2.19. The van der Waals surface area contributed by atoms with Crippen LogP contribution in [-0.4, -0.2) is 24.3 Å². The van der Waals surface area contributed by atoms with E-state index in [1.165, 1.54) is 71.3 Å². The van der Waals surface area contributed by atoms with Crippen LogP contribution >= 0.6 is 0 Å². The van der Waals surface area contributed by atoms with Gasteiger partial charge in [0.25, 0.3) is 0 Å². The zero-order chi connectivity index (χ0) is 16.6. The van der Waals surface area contributed by atoms with Crippen LogP contribution in [0.15, 0.2) is 0 Å². The van der Waals surface area contributed by atoms with Crippen molar-refractivity contribution in [3.05, 3.63) is 0 Å². The third-order valence-corrected chi connectivity index (χ3v) is 4.46. The standard InChI is InChI=1S/C19H38O3/c1-4-6-8-10-12-14-17(15-13-11-9-7-5-2)16-18(20)19(21)22-3/h17-18,20H,4-16H2,1-3H3. The summed E-state index contributed by atoms with van der Waals surface area (Å²) in [5, 5.41) is 9.90. The van der Waals surface area contributed by atoms with Crippen LogP contribution in [0.4, 0.5) is 0 Å². The van der Waals surface area contributed by atoms with Crippen molar-refractivity contribution < 1.29 is 14.6 Å². The number of carbonyl (C=O) groups excluding carboxylic acids is 1. The van der Waals surface area contributed by atoms with Gasteiger partial charge in [-0.15, -0.1) is 0 Å². The van der Waals surface area contributed by atoms with Gasteiger partial charge < -0.3 is 9.84 Å². The predicted molar refractivity (Wildman–Crippen MR) is 92.9 cm³/mol. The number of hydrogen-bond acceptors (Lipinski definition) is 3. The van der Waals surface area contributed by atoms with E-state index in [0.29, 0.717) is 12.3 Å². The molecular formula is C19H38O3. The highest BCUT2D eigenvalue weighted by Crippen LogP contribution is 2.23. The van der Waals surface area contributed by atoms with Crippen LogP contribution in [0.1, 0.15) is 97.3 Å². The van der Waals surface area contributed by atoms with Gasteiger partial charge in [-0.25, -0.2) is 4.79 Å². The van der Waals surface area contributed by atoms with Crippen LogP contribution in [0.2, 0.25) is 0 Å². The van der Waals surface area contributed by atoms with Crippen LogP contribution in [-0.2, 0) is 9.53 Å². The molecule has 0 aliphatic carbocycles. The van der Waals surface area contributed by atoms with Gasteiger partial charge in [-0.1, -0.05) is 90.9 Å². The van der Waals surface area contributed by atoms with Gasteiger partial charge >= 0.3 is 5.97 Å². The average Bonchev–Trinajstić information content (AvgIpc) is 2.53. The normalized spacial score (nSPS) is 12.6. The Hall–Kier alpha value is -0.570. The molecule has 3 heteroatoms. The number of unbranched alkanes of at least 4 members (excludes halogenated alkanes) is 8. The van der Waals surface area contributed by atoms with E-state index in [1.807, 2.05) is 0 Å². The first-order valence-corrected chi connectivity index (χ1v) is 9.41. The predicted octanol–water partition coefficient (Wildman–Crippen LogP) is 5.25. The molecule has 0 aromatic carbocycles. The minimum Gasteiger partial charge on any atom is -0.467 e. The zero-order valence-corrected chi connectivity index (χ0v) is 15.1. The SMILES string of the molecule is CCCCCCCC(CCCCCCC)CC(O)C(=O)OC. The summed E-state index contributed by atoms with van der Waals surface area (Å²) < 4.78 is 4.64. The van der Waals surface area contributed by atoms with E-state index in [4.69, 9.17) is 0 Å². The van der Waals surface area contributed by atoms with E-state index < -0.39 is 12.1 Å². The van der Waals surface area contributed by atoms with E-state index in [1.54, 1.807) is 0 Å². The molecule has 0 bridgehead atoms. The largest absolute Gasteiger partial charge is 0.467 e. The number of methoxy groups -OCH3 is 1. The lowest BCUT2D eigenvalue weighted by Crippen LogP contribution is -2.25. The van der Waals surface area contributed by atoms with Gasteiger partial charge in [0.2, 0.25) is 0 Å². The number of esters is 1. The van der Waals surface area contributed by atoms with Crippen molar-refractivity contribution in [1.82, 2.24) is 0 Å². The maximum absolute atomic E-state index is 11.4. The maximum Gasteiger partial charge on any atom is 0.334 e. The summed E-state index contributed by atoms with van der Waals surface area (Å²) in [4.78, 5) is 11.4. The number of carbonyl (C=O) groups is 1. The summed E-state index contributed by atoms with van der Waals surface area (Å²) in [7, 11) is 1.34. The second-order valence-corrected chi connectivity index (χ2v) is 6.55. The molecule has 0 spiro atoms. The van der Waals surface area contributed by atoms with Crippen molar-refractivity contribution in [1.29, 1.82) is 0 Å². The molecule has 0 aromatic heterocycles. The molecule has 0 saturated heterocycles. The van der Waals surface area contributed by atoms with Crippen LogP contribution in [0.5, 0.6) is 0 Å². The van der Waals surface area contributed by atoms with Gasteiger partial charge in [0.1, 0.15) is 0 Å². The minimum atomic E-state index is -0.943. The molecule has 3 nitrogen and oxygen atoms in total. The molecule has 132 valence electrons. The monoisotopic (exact) mass is 314 g/mol. The van der Waals surface area contributed by atoms with Crippen molar-refractivity contribution in [2.45, 2.75) is 103 Å². The molecule has 0 amide bonds. The van der Waals surface area contributed by atoms with Crippen LogP contribution in [0.3, 0.4) is 0 Å². The first-order valence-electron chi connectivity index (χ1n) is 9.41. The van der Waals surface area contributed by atoms with Gasteiger partial charge in [0.15, 0.2) is 6.10 Å². The molecule has 0 aromatic rings. The van der Waals surface area contributed by atoms with Crippen molar-refractivity contribution in [3.63, 3.8) is 0 Å². The first-order chi connectivity index (χ1) is 10.7. The molecule has 1 N–H and O–H groups in total. The van der Waals surface area contributed by atoms with E-state index in [9.17, 15) is 9.90 Å². The molecular weight excluding hydrogens is 276 g/mol. The summed E-state index contributed by atoms with van der Waals surface area (Å²) in [6, 6.07) is 0. The summed E-state index contributed by atoms with van der Waals surface area (Å²) in [6.45, 7) is 4.46. The topological polar surface area (TPSA) is 46.5 Å². The quantitative estimate of drug-likeness (QED) is 0.332. The Morgan fingerprint density at radius 1 is 0.864 bits per heavy atom. The fourth-order valence-corrected chi connectivity index (χ4v) is 3.00. The Morgan fingerprint density at radius 2 is 1.32 bits per heavy atom. The van der Waals surface area contributed by atoms with Crippen molar-refractivity contribution in [3.8, 4) is 0 Å². The Bertz CT molecular complexity index is 239. The van der Waals surface area contributed by atoms with Crippen LogP contribution < -0.4 is 0 Å². The highest BCUT2D eigenvalue weighted by atomic mass is 16.5. The lowest BCUT2D eigenvalue weighted by atomic mass is 9.89. The molecule has 22 heavy (non-hydrogen) atoms. The van der Waals surface area contributed by atoms with E-state index in [2.05, 4.69) is 18.6 Å². The highest BCUT2D eigenvalue weighted by molar-refractivity contribution is 5.74. The highest BCUT2D eigenvalue weighted by Gasteiger charge is 2.20. The number of aliphatic hydroxyl groups is 1. The smallest absolute Gasteiger partial charge is 0.334 e. The summed E-state index contributed by atoms with van der Waals surface area (Å²) >= 11 is 0. The molecule has 0 radical (unpaired) electrons. The second-order valence-electron chi connectivity index (χ2n) is 6.55. The number of aliphatic hydroxyl groups excluding tert-OH is 1. The molecule has 1 unspecified atom stereocenters. The van der Waals surface area contributed by atoms with Crippen molar-refractivity contribution in [2.75, 3.05) is 7.11 Å². The fourth-order valence-electron chi connectivity index (χ4n) is 3.00. The molecule has 0 rings (SSSR count). The number of hydrogen-bond donors (Lipinski definition) is 1. The van der Waals surface area contributed by atoms with Gasteiger partial charge in [-0.2, -0.15) is 0 Å². The summed E-state index contributed by atoms with van der Waals surface area (Å²) in [6.07, 6.45) is 14.6. The molecule has 0 aliphatic rings. The molecule has 0 heterocycles. The van der Waals surface area contributed by atoms with E-state index in [-0.39, 0.29) is 0 Å². The van der Waals surface area contributed by atoms with Crippen molar-refractivity contribution >= 4 is 5.97 Å². The van der Waals surface area contributed by atoms with E-state index >= 15 is 0 Å². The zero-order valence-electron chi connectivity index (χ0n) is 15.1. The second kappa shape index (κ2) is 15.3. The maximum atomic E-state index is 11.4. The first kappa shape index (κ1) is 21.4. The average molecular weight is 315 g/mol. The Balaban J connectivity index is 4.04. The molecule has 0 aliphatic heterocycles. The third kappa shape index (κ3) is 12.0. The lowest BCUT2D eigenvalue weighted by molar-refractivity contribution is -0.151. The van der Waals surface area contributed by atoms with Crippen LogP contribution in [0, 0.1) is 5.92 Å². The number of rotatable bonds is 15. The fraction of sp³-hybridized carbons (Fsp3) is 0.947. The molecule has 0 fully saturated rings. The van der Waals surface area contributed by atoms with Crippen LogP contribution in [0.25, 0.3) is 0 Å². The van der Waals surface area contributed by atoms with Gasteiger partial charge in [0, 0.05) is 0 Å². The van der Waals surface area contributed by atoms with Crippen molar-refractivity contribution in [2.24, 2.45) is 5.92 Å². The Morgan fingerprint density at radius 3 is 1.73 bits per heavy atom. The number of ether oxygens (including phenoxy) is 1. The molecule has 0 saturated carbocycles. The van der Waals surface area contributed by atoms with Gasteiger partial charge in [-0.3, -0.25) is 0 Å².